The summed E-state index contributed by atoms with van der Waals surface area (Å²) >= 11 is 0. The molecule has 1 amide bonds. The lowest BCUT2D eigenvalue weighted by Crippen LogP contribution is -2.46. The summed E-state index contributed by atoms with van der Waals surface area (Å²) in [5, 5.41) is 9.52. The number of carbonyl (C=O) groups excluding carboxylic acids is 1. The van der Waals surface area contributed by atoms with Gasteiger partial charge in [-0.15, -0.1) is 0 Å². The standard InChI is InChI=1S/C13H24N2O2/c1-11(15-9-6-12(16)10-15)13(17)14-7-4-2-3-5-8-14/h11-12,16H,2-10H2,1H3/t11?,12-/m0/s1. The van der Waals surface area contributed by atoms with Gasteiger partial charge in [-0.25, -0.2) is 0 Å². The highest BCUT2D eigenvalue weighted by atomic mass is 16.3. The second-order valence-corrected chi connectivity index (χ2v) is 5.35. The van der Waals surface area contributed by atoms with Gasteiger partial charge in [-0.05, 0) is 26.2 Å². The zero-order valence-electron chi connectivity index (χ0n) is 10.8. The summed E-state index contributed by atoms with van der Waals surface area (Å²) < 4.78 is 0. The number of β-amino-alcohol motifs (C(OH)–C–C–N with tert-alkyl or cyclic N) is 1. The van der Waals surface area contributed by atoms with Crippen LogP contribution in [0.5, 0.6) is 0 Å². The van der Waals surface area contributed by atoms with Crippen molar-refractivity contribution in [3.8, 4) is 0 Å². The van der Waals surface area contributed by atoms with Gasteiger partial charge in [-0.3, -0.25) is 9.69 Å². The van der Waals surface area contributed by atoms with Crippen molar-refractivity contribution in [2.45, 2.75) is 51.2 Å². The van der Waals surface area contributed by atoms with Crippen molar-refractivity contribution < 1.29 is 9.90 Å². The number of amides is 1. The fraction of sp³-hybridized carbons (Fsp3) is 0.923. The van der Waals surface area contributed by atoms with Crippen LogP contribution in [-0.4, -0.2) is 59.1 Å². The molecule has 2 atom stereocenters. The van der Waals surface area contributed by atoms with Gasteiger partial charge in [0.05, 0.1) is 12.1 Å². The molecule has 0 aromatic carbocycles. The molecule has 0 aliphatic carbocycles. The second kappa shape index (κ2) is 5.83. The van der Waals surface area contributed by atoms with Gasteiger partial charge >= 0.3 is 0 Å². The Labute approximate surface area is 104 Å². The van der Waals surface area contributed by atoms with Crippen LogP contribution < -0.4 is 0 Å². The Morgan fingerprint density at radius 3 is 2.35 bits per heavy atom. The summed E-state index contributed by atoms with van der Waals surface area (Å²) in [7, 11) is 0. The first kappa shape index (κ1) is 12.8. The highest BCUT2D eigenvalue weighted by Crippen LogP contribution is 2.16. The minimum absolute atomic E-state index is 0.0646. The molecule has 4 nitrogen and oxygen atoms in total. The van der Waals surface area contributed by atoms with Crippen molar-refractivity contribution in [1.82, 2.24) is 9.80 Å². The van der Waals surface area contributed by atoms with E-state index in [1.807, 2.05) is 11.8 Å². The molecule has 1 unspecified atom stereocenters. The van der Waals surface area contributed by atoms with E-state index in [0.29, 0.717) is 6.54 Å². The van der Waals surface area contributed by atoms with E-state index in [0.717, 1.165) is 38.9 Å². The van der Waals surface area contributed by atoms with E-state index in [2.05, 4.69) is 4.90 Å². The minimum atomic E-state index is -0.241. The minimum Gasteiger partial charge on any atom is -0.392 e. The first-order valence-corrected chi connectivity index (χ1v) is 6.89. The summed E-state index contributed by atoms with van der Waals surface area (Å²) in [6, 6.07) is -0.0646. The predicted octanol–water partition coefficient (Wildman–Crippen LogP) is 0.844. The van der Waals surface area contributed by atoms with E-state index in [4.69, 9.17) is 0 Å². The highest BCUT2D eigenvalue weighted by molar-refractivity contribution is 5.81. The number of aliphatic hydroxyl groups is 1. The number of hydrogen-bond acceptors (Lipinski definition) is 3. The number of hydrogen-bond donors (Lipinski definition) is 1. The molecule has 17 heavy (non-hydrogen) atoms. The fourth-order valence-electron chi connectivity index (χ4n) is 2.83. The molecule has 2 aliphatic heterocycles. The molecule has 2 heterocycles. The summed E-state index contributed by atoms with van der Waals surface area (Å²) in [6.07, 6.45) is 5.34. The van der Waals surface area contributed by atoms with Gasteiger partial charge in [-0.1, -0.05) is 12.8 Å². The van der Waals surface area contributed by atoms with Crippen LogP contribution in [0.15, 0.2) is 0 Å². The Kier molecular flexibility index (Phi) is 4.40. The Balaban J connectivity index is 1.89. The lowest BCUT2D eigenvalue weighted by Gasteiger charge is -2.29. The average molecular weight is 240 g/mol. The number of rotatable bonds is 2. The maximum Gasteiger partial charge on any atom is 0.239 e. The van der Waals surface area contributed by atoms with E-state index >= 15 is 0 Å². The monoisotopic (exact) mass is 240 g/mol. The van der Waals surface area contributed by atoms with E-state index in [9.17, 15) is 9.90 Å². The van der Waals surface area contributed by atoms with Gasteiger partial charge in [-0.2, -0.15) is 0 Å². The number of nitrogens with zero attached hydrogens (tertiary/aromatic N) is 2. The topological polar surface area (TPSA) is 43.8 Å². The Morgan fingerprint density at radius 1 is 1.18 bits per heavy atom. The van der Waals surface area contributed by atoms with E-state index in [-0.39, 0.29) is 18.1 Å². The van der Waals surface area contributed by atoms with Gasteiger partial charge in [0.25, 0.3) is 0 Å². The zero-order chi connectivity index (χ0) is 12.3. The van der Waals surface area contributed by atoms with Crippen molar-refractivity contribution in [2.24, 2.45) is 0 Å². The van der Waals surface area contributed by atoms with Crippen LogP contribution in [0.3, 0.4) is 0 Å². The summed E-state index contributed by atoms with van der Waals surface area (Å²) in [5.74, 6) is 0.251. The quantitative estimate of drug-likeness (QED) is 0.778. The molecule has 2 aliphatic rings. The average Bonchev–Trinajstić information content (AvgIpc) is 2.60. The predicted molar refractivity (Wildman–Crippen MR) is 66.7 cm³/mol. The summed E-state index contributed by atoms with van der Waals surface area (Å²) in [6.45, 7) is 5.31. The molecule has 0 saturated carbocycles. The molecule has 4 heteroatoms. The maximum absolute atomic E-state index is 12.3. The second-order valence-electron chi connectivity index (χ2n) is 5.35. The fourth-order valence-corrected chi connectivity index (χ4v) is 2.83. The van der Waals surface area contributed by atoms with Gasteiger partial charge in [0.1, 0.15) is 0 Å². The van der Waals surface area contributed by atoms with Gasteiger partial charge < -0.3 is 10.0 Å². The molecule has 0 aromatic heterocycles. The van der Waals surface area contributed by atoms with Crippen molar-refractivity contribution in [3.05, 3.63) is 0 Å². The number of aliphatic hydroxyl groups excluding tert-OH is 1. The molecular weight excluding hydrogens is 216 g/mol. The van der Waals surface area contributed by atoms with Crippen molar-refractivity contribution in [1.29, 1.82) is 0 Å². The first-order chi connectivity index (χ1) is 8.18. The van der Waals surface area contributed by atoms with Gasteiger partial charge in [0, 0.05) is 26.2 Å². The van der Waals surface area contributed by atoms with E-state index in [1.165, 1.54) is 12.8 Å². The van der Waals surface area contributed by atoms with Crippen LogP contribution in [-0.2, 0) is 4.79 Å². The Bertz CT molecular complexity index is 262. The van der Waals surface area contributed by atoms with Crippen LogP contribution in [0, 0.1) is 0 Å². The normalized spacial score (nSPS) is 29.1. The molecule has 0 radical (unpaired) electrons. The SMILES string of the molecule is CC(C(=O)N1CCCCCC1)N1CC[C@H](O)C1. The summed E-state index contributed by atoms with van der Waals surface area (Å²) in [4.78, 5) is 16.5. The first-order valence-electron chi connectivity index (χ1n) is 6.89. The molecule has 0 spiro atoms. The third-order valence-corrected chi connectivity index (χ3v) is 4.02. The molecule has 2 saturated heterocycles. The van der Waals surface area contributed by atoms with Crippen molar-refractivity contribution in [3.63, 3.8) is 0 Å². The molecule has 0 bridgehead atoms. The third-order valence-electron chi connectivity index (χ3n) is 4.02. The van der Waals surface area contributed by atoms with Crippen LogP contribution >= 0.6 is 0 Å². The van der Waals surface area contributed by atoms with E-state index < -0.39 is 0 Å². The van der Waals surface area contributed by atoms with Crippen molar-refractivity contribution in [2.75, 3.05) is 26.2 Å². The van der Waals surface area contributed by atoms with E-state index in [1.54, 1.807) is 0 Å². The number of likely N-dealkylation sites (tertiary alicyclic amines) is 2. The van der Waals surface area contributed by atoms with Crippen LogP contribution in [0.2, 0.25) is 0 Å². The molecule has 0 aromatic rings. The van der Waals surface area contributed by atoms with Crippen molar-refractivity contribution >= 4 is 5.91 Å². The van der Waals surface area contributed by atoms with Crippen LogP contribution in [0.25, 0.3) is 0 Å². The maximum atomic E-state index is 12.3. The largest absolute Gasteiger partial charge is 0.392 e. The van der Waals surface area contributed by atoms with Gasteiger partial charge in [0.15, 0.2) is 0 Å². The number of carbonyl (C=O) groups is 1. The molecule has 98 valence electrons. The highest BCUT2D eigenvalue weighted by Gasteiger charge is 2.31. The molecular formula is C13H24N2O2. The van der Waals surface area contributed by atoms with Crippen LogP contribution in [0.1, 0.15) is 39.0 Å². The lowest BCUT2D eigenvalue weighted by atomic mass is 10.2. The third kappa shape index (κ3) is 3.19. The summed E-state index contributed by atoms with van der Waals surface area (Å²) in [5.41, 5.74) is 0. The van der Waals surface area contributed by atoms with Gasteiger partial charge in [0.2, 0.25) is 5.91 Å². The Morgan fingerprint density at radius 2 is 1.82 bits per heavy atom. The Hall–Kier alpha value is -0.610. The lowest BCUT2D eigenvalue weighted by molar-refractivity contribution is -0.136. The van der Waals surface area contributed by atoms with Crippen LogP contribution in [0.4, 0.5) is 0 Å². The zero-order valence-corrected chi connectivity index (χ0v) is 10.8. The molecule has 2 rings (SSSR count). The smallest absolute Gasteiger partial charge is 0.239 e. The molecule has 1 N–H and O–H groups in total. The molecule has 2 fully saturated rings.